The van der Waals surface area contributed by atoms with Crippen LogP contribution in [0.3, 0.4) is 0 Å². The van der Waals surface area contributed by atoms with Gasteiger partial charge in [-0.25, -0.2) is 4.99 Å². The lowest BCUT2D eigenvalue weighted by Gasteiger charge is -2.30. The number of hydrogen-bond donors (Lipinski definition) is 1. The fourth-order valence-corrected chi connectivity index (χ4v) is 7.37. The number of methoxy groups -OCH3 is 1. The van der Waals surface area contributed by atoms with Gasteiger partial charge in [0.2, 0.25) is 0 Å². The van der Waals surface area contributed by atoms with Gasteiger partial charge in [0.05, 0.1) is 31.9 Å². The van der Waals surface area contributed by atoms with Gasteiger partial charge in [0.1, 0.15) is 17.5 Å². The predicted octanol–water partition coefficient (Wildman–Crippen LogP) is 5.50. The summed E-state index contributed by atoms with van der Waals surface area (Å²) in [5, 5.41) is 12.0. The Labute approximate surface area is 252 Å². The lowest BCUT2D eigenvalue weighted by atomic mass is 9.90. The van der Waals surface area contributed by atoms with E-state index in [1.165, 1.54) is 11.3 Å². The number of amides is 1. The van der Waals surface area contributed by atoms with Crippen molar-refractivity contribution in [3.05, 3.63) is 99.6 Å². The molecule has 3 aromatic carbocycles. The minimum atomic E-state index is -0.745. The van der Waals surface area contributed by atoms with Gasteiger partial charge in [-0.1, -0.05) is 41.7 Å². The summed E-state index contributed by atoms with van der Waals surface area (Å²) >= 11 is 7.99. The van der Waals surface area contributed by atoms with Crippen LogP contribution in [0.5, 0.6) is 11.5 Å². The van der Waals surface area contributed by atoms with E-state index in [9.17, 15) is 14.7 Å². The van der Waals surface area contributed by atoms with E-state index in [1.54, 1.807) is 34.8 Å². The first-order valence-electron chi connectivity index (χ1n) is 12.8. The number of likely N-dealkylation sites (N-methyl/N-ethyl adjacent to an activating group) is 1. The smallest absolute Gasteiger partial charge is 0.271 e. The molecule has 2 heterocycles. The van der Waals surface area contributed by atoms with Gasteiger partial charge in [-0.15, -0.1) is 0 Å². The van der Waals surface area contributed by atoms with Gasteiger partial charge < -0.3 is 14.7 Å². The van der Waals surface area contributed by atoms with E-state index in [1.807, 2.05) is 57.2 Å². The van der Waals surface area contributed by atoms with E-state index in [0.717, 1.165) is 21.9 Å². The summed E-state index contributed by atoms with van der Waals surface area (Å²) in [6.45, 7) is 6.76. The Bertz CT molecular complexity index is 1850. The molecule has 1 amide bonds. The zero-order valence-electron chi connectivity index (χ0n) is 22.4. The van der Waals surface area contributed by atoms with Gasteiger partial charge >= 0.3 is 0 Å². The summed E-state index contributed by atoms with van der Waals surface area (Å²) in [6, 6.07) is 14.5. The number of aromatic nitrogens is 1. The van der Waals surface area contributed by atoms with E-state index < -0.39 is 6.04 Å². The number of rotatable bonds is 6. The van der Waals surface area contributed by atoms with Crippen LogP contribution in [-0.2, 0) is 4.79 Å². The van der Waals surface area contributed by atoms with Crippen molar-refractivity contribution >= 4 is 66.0 Å². The van der Waals surface area contributed by atoms with Crippen molar-refractivity contribution in [2.45, 2.75) is 26.8 Å². The first kappa shape index (κ1) is 28.3. The van der Waals surface area contributed by atoms with Crippen molar-refractivity contribution in [2.24, 2.45) is 4.99 Å². The SMILES string of the molecule is CCN(CC)C(=O)C1=C(C)N=c2s/c(=C/c3cc(Br)c(O)c(Br)c3)c(=O)n2[C@H]1c1c(OC)ccc2ccccc12. The Morgan fingerprint density at radius 2 is 1.82 bits per heavy atom. The zero-order chi connectivity index (χ0) is 28.7. The highest BCUT2D eigenvalue weighted by atomic mass is 79.9. The molecule has 1 aliphatic heterocycles. The van der Waals surface area contributed by atoms with Crippen LogP contribution < -0.4 is 19.6 Å². The quantitative estimate of drug-likeness (QED) is 0.291. The highest BCUT2D eigenvalue weighted by Crippen LogP contribution is 2.40. The van der Waals surface area contributed by atoms with E-state index in [0.29, 0.717) is 48.4 Å². The molecule has 10 heteroatoms. The Balaban J connectivity index is 1.85. The molecule has 0 saturated carbocycles. The molecule has 5 rings (SSSR count). The summed E-state index contributed by atoms with van der Waals surface area (Å²) in [4.78, 5) is 35.2. The second-order valence-electron chi connectivity index (χ2n) is 9.30. The number of carbonyl (C=O) groups excluding carboxylic acids is 1. The Hall–Kier alpha value is -3.21. The third-order valence-electron chi connectivity index (χ3n) is 7.06. The van der Waals surface area contributed by atoms with Gasteiger partial charge in [0, 0.05) is 18.7 Å². The number of phenolic OH excluding ortho intramolecular Hbond substituents is 1. The number of ether oxygens (including phenoxy) is 1. The lowest BCUT2D eigenvalue weighted by molar-refractivity contribution is -0.127. The minimum absolute atomic E-state index is 0.0804. The minimum Gasteiger partial charge on any atom is -0.506 e. The molecule has 1 N–H and O–H groups in total. The van der Waals surface area contributed by atoms with E-state index in [-0.39, 0.29) is 17.2 Å². The first-order valence-corrected chi connectivity index (χ1v) is 15.2. The molecule has 7 nitrogen and oxygen atoms in total. The third kappa shape index (κ3) is 4.82. The number of thiazole rings is 1. The molecule has 0 bridgehead atoms. The molecule has 4 aromatic rings. The number of phenols is 1. The van der Waals surface area contributed by atoms with Crippen molar-refractivity contribution in [3.63, 3.8) is 0 Å². The van der Waals surface area contributed by atoms with Gasteiger partial charge in [-0.3, -0.25) is 14.2 Å². The molecule has 0 fully saturated rings. The maximum atomic E-state index is 14.2. The molecule has 0 saturated heterocycles. The topological polar surface area (TPSA) is 84.1 Å². The maximum absolute atomic E-state index is 14.2. The summed E-state index contributed by atoms with van der Waals surface area (Å²) in [6.07, 6.45) is 1.77. The molecule has 206 valence electrons. The fraction of sp³-hybridized carbons (Fsp3) is 0.233. The molecule has 0 unspecified atom stereocenters. The van der Waals surface area contributed by atoms with Gasteiger partial charge in [-0.2, -0.15) is 0 Å². The van der Waals surface area contributed by atoms with Crippen LogP contribution in [0.1, 0.15) is 37.9 Å². The Kier molecular flexibility index (Phi) is 8.03. The number of allylic oxidation sites excluding steroid dienone is 1. The van der Waals surface area contributed by atoms with Crippen molar-refractivity contribution in [1.29, 1.82) is 0 Å². The standard InChI is InChI=1S/C30H27Br2N3O4S/c1-5-34(6-2)29(38)24-16(3)33-30-35(26(24)25-19-10-8-7-9-18(19)11-12-22(25)39-4)28(37)23(40-30)15-17-13-20(31)27(36)21(32)14-17/h7-15,26,36H,5-6H2,1-4H3/b23-15+/t26-/m1/s1. The van der Waals surface area contributed by atoms with Crippen LogP contribution in [-0.4, -0.2) is 40.7 Å². The molecule has 0 radical (unpaired) electrons. The van der Waals surface area contributed by atoms with Crippen molar-refractivity contribution in [2.75, 3.05) is 20.2 Å². The van der Waals surface area contributed by atoms with Crippen LogP contribution in [0.4, 0.5) is 0 Å². The monoisotopic (exact) mass is 683 g/mol. The average Bonchev–Trinajstić information content (AvgIpc) is 3.24. The summed E-state index contributed by atoms with van der Waals surface area (Å²) < 4.78 is 8.93. The second kappa shape index (κ2) is 11.3. The van der Waals surface area contributed by atoms with Crippen molar-refractivity contribution in [3.8, 4) is 11.5 Å². The van der Waals surface area contributed by atoms with Crippen LogP contribution >= 0.6 is 43.2 Å². The van der Waals surface area contributed by atoms with E-state index >= 15 is 0 Å². The van der Waals surface area contributed by atoms with Gasteiger partial charge in [0.15, 0.2) is 4.80 Å². The number of aromatic hydroxyl groups is 1. The molecular weight excluding hydrogens is 658 g/mol. The van der Waals surface area contributed by atoms with Crippen LogP contribution in [0.2, 0.25) is 0 Å². The maximum Gasteiger partial charge on any atom is 0.271 e. The van der Waals surface area contributed by atoms with E-state index in [4.69, 9.17) is 9.73 Å². The highest BCUT2D eigenvalue weighted by molar-refractivity contribution is 9.11. The summed E-state index contributed by atoms with van der Waals surface area (Å²) in [5.41, 5.74) is 2.22. The molecule has 1 aliphatic rings. The number of benzene rings is 3. The Morgan fingerprint density at radius 1 is 1.15 bits per heavy atom. The normalized spacial score (nSPS) is 15.2. The van der Waals surface area contributed by atoms with Crippen molar-refractivity contribution in [1.82, 2.24) is 9.47 Å². The summed E-state index contributed by atoms with van der Waals surface area (Å²) in [5.74, 6) is 0.507. The Morgan fingerprint density at radius 3 is 2.48 bits per heavy atom. The molecule has 1 aromatic heterocycles. The van der Waals surface area contributed by atoms with Gasteiger partial charge in [0.25, 0.3) is 11.5 Å². The fourth-order valence-electron chi connectivity index (χ4n) is 5.10. The predicted molar refractivity (Wildman–Crippen MR) is 166 cm³/mol. The largest absolute Gasteiger partial charge is 0.506 e. The number of halogens is 2. The third-order valence-corrected chi connectivity index (χ3v) is 9.26. The van der Waals surface area contributed by atoms with Gasteiger partial charge in [-0.05, 0) is 93.2 Å². The second-order valence-corrected chi connectivity index (χ2v) is 12.0. The molecular formula is C30H27Br2N3O4S. The van der Waals surface area contributed by atoms with E-state index in [2.05, 4.69) is 31.9 Å². The molecule has 0 aliphatic carbocycles. The lowest BCUT2D eigenvalue weighted by Crippen LogP contribution is -2.43. The molecule has 0 spiro atoms. The first-order chi connectivity index (χ1) is 19.2. The number of nitrogens with zero attached hydrogens (tertiary/aromatic N) is 3. The van der Waals surface area contributed by atoms with Crippen molar-refractivity contribution < 1.29 is 14.6 Å². The number of hydrogen-bond acceptors (Lipinski definition) is 6. The molecule has 1 atom stereocenters. The molecule has 40 heavy (non-hydrogen) atoms. The van der Waals surface area contributed by atoms with Crippen LogP contribution in [0.25, 0.3) is 16.8 Å². The van der Waals surface area contributed by atoms with Crippen LogP contribution in [0.15, 0.2) is 78.5 Å². The number of fused-ring (bicyclic) bond motifs is 2. The average molecular weight is 685 g/mol. The number of carbonyl (C=O) groups is 1. The van der Waals surface area contributed by atoms with Crippen LogP contribution in [0, 0.1) is 0 Å². The highest BCUT2D eigenvalue weighted by Gasteiger charge is 2.36. The summed E-state index contributed by atoms with van der Waals surface area (Å²) in [7, 11) is 1.60. The zero-order valence-corrected chi connectivity index (χ0v) is 26.4.